The van der Waals surface area contributed by atoms with E-state index in [9.17, 15) is 10.2 Å². The quantitative estimate of drug-likeness (QED) is 0.644. The molecule has 3 atom stereocenters. The molecular weight excluding hydrogens is 296 g/mol. The van der Waals surface area contributed by atoms with Crippen LogP contribution in [0.15, 0.2) is 0 Å². The van der Waals surface area contributed by atoms with E-state index in [4.69, 9.17) is 0 Å². The molecule has 0 saturated heterocycles. The zero-order valence-corrected chi connectivity index (χ0v) is 15.3. The first-order valence-corrected chi connectivity index (χ1v) is 10.3. The standard InChI is InChI=1S/C14H30O2S3/c1-6-17-7-12(15)8-18-9-13(16)10-19-11(2)14(3,4)5/h11-13,15-16H,6-10H2,1-5H3. The van der Waals surface area contributed by atoms with Crippen molar-refractivity contribution in [2.24, 2.45) is 5.41 Å². The zero-order valence-electron chi connectivity index (χ0n) is 12.9. The fourth-order valence-corrected chi connectivity index (χ4v) is 4.16. The number of aliphatic hydroxyl groups excluding tert-OH is 2. The summed E-state index contributed by atoms with van der Waals surface area (Å²) in [6.45, 7) is 11.0. The van der Waals surface area contributed by atoms with Gasteiger partial charge in [0.15, 0.2) is 0 Å². The van der Waals surface area contributed by atoms with Gasteiger partial charge in [0, 0.05) is 28.3 Å². The van der Waals surface area contributed by atoms with Gasteiger partial charge in [-0.1, -0.05) is 34.6 Å². The Morgan fingerprint density at radius 2 is 1.37 bits per heavy atom. The third-order valence-electron chi connectivity index (χ3n) is 2.89. The summed E-state index contributed by atoms with van der Waals surface area (Å²) >= 11 is 5.25. The Balaban J connectivity index is 3.62. The maximum atomic E-state index is 9.92. The highest BCUT2D eigenvalue weighted by atomic mass is 32.2. The van der Waals surface area contributed by atoms with Gasteiger partial charge in [0.2, 0.25) is 0 Å². The number of thioether (sulfide) groups is 3. The molecule has 0 radical (unpaired) electrons. The van der Waals surface area contributed by atoms with Gasteiger partial charge in [0.1, 0.15) is 0 Å². The van der Waals surface area contributed by atoms with Crippen LogP contribution in [0.3, 0.4) is 0 Å². The molecule has 0 rings (SSSR count). The Bertz CT molecular complexity index is 219. The van der Waals surface area contributed by atoms with Crippen molar-refractivity contribution in [1.29, 1.82) is 0 Å². The van der Waals surface area contributed by atoms with Crippen LogP contribution >= 0.6 is 35.3 Å². The monoisotopic (exact) mass is 326 g/mol. The van der Waals surface area contributed by atoms with Gasteiger partial charge in [-0.3, -0.25) is 0 Å². The molecule has 0 aromatic carbocycles. The SMILES string of the molecule is CCSCC(O)CSCC(O)CSC(C)C(C)(C)C. The van der Waals surface area contributed by atoms with Crippen molar-refractivity contribution in [1.82, 2.24) is 0 Å². The van der Waals surface area contributed by atoms with Crippen LogP contribution in [0.5, 0.6) is 0 Å². The van der Waals surface area contributed by atoms with Crippen molar-refractivity contribution in [3.8, 4) is 0 Å². The highest BCUT2D eigenvalue weighted by Gasteiger charge is 2.21. The van der Waals surface area contributed by atoms with Crippen LogP contribution in [-0.2, 0) is 0 Å². The smallest absolute Gasteiger partial charge is 0.0720 e. The molecule has 0 fully saturated rings. The fourth-order valence-electron chi connectivity index (χ4n) is 1.20. The number of aliphatic hydroxyl groups is 2. The minimum Gasteiger partial charge on any atom is -0.391 e. The second kappa shape index (κ2) is 10.7. The lowest BCUT2D eigenvalue weighted by atomic mass is 9.93. The summed E-state index contributed by atoms with van der Waals surface area (Å²) < 4.78 is 0. The summed E-state index contributed by atoms with van der Waals surface area (Å²) in [6, 6.07) is 0. The Morgan fingerprint density at radius 3 is 1.84 bits per heavy atom. The molecule has 0 heterocycles. The topological polar surface area (TPSA) is 40.5 Å². The van der Waals surface area contributed by atoms with E-state index in [1.165, 1.54) is 0 Å². The van der Waals surface area contributed by atoms with Gasteiger partial charge in [-0.15, -0.1) is 0 Å². The van der Waals surface area contributed by atoms with Crippen molar-refractivity contribution in [3.05, 3.63) is 0 Å². The molecule has 19 heavy (non-hydrogen) atoms. The highest BCUT2D eigenvalue weighted by Crippen LogP contribution is 2.30. The van der Waals surface area contributed by atoms with Crippen LogP contribution in [0.25, 0.3) is 0 Å². The van der Waals surface area contributed by atoms with Crippen molar-refractivity contribution >= 4 is 35.3 Å². The number of hydrogen-bond acceptors (Lipinski definition) is 5. The molecule has 116 valence electrons. The van der Waals surface area contributed by atoms with E-state index in [1.807, 2.05) is 11.8 Å². The van der Waals surface area contributed by atoms with E-state index < -0.39 is 0 Å². The van der Waals surface area contributed by atoms with Crippen LogP contribution < -0.4 is 0 Å². The normalized spacial score (nSPS) is 17.2. The molecule has 0 aliphatic heterocycles. The third-order valence-corrected chi connectivity index (χ3v) is 6.95. The summed E-state index contributed by atoms with van der Waals surface area (Å²) in [4.78, 5) is 0. The van der Waals surface area contributed by atoms with Crippen LogP contribution in [-0.4, -0.2) is 56.4 Å². The predicted molar refractivity (Wildman–Crippen MR) is 93.7 cm³/mol. The molecule has 0 amide bonds. The molecule has 0 bridgehead atoms. The minimum atomic E-state index is -0.272. The molecular formula is C14H30O2S3. The molecule has 0 saturated carbocycles. The van der Waals surface area contributed by atoms with Crippen molar-refractivity contribution < 1.29 is 10.2 Å². The predicted octanol–water partition coefficient (Wildman–Crippen LogP) is 3.36. The lowest BCUT2D eigenvalue weighted by molar-refractivity contribution is 0.219. The summed E-state index contributed by atoms with van der Waals surface area (Å²) in [7, 11) is 0. The second-order valence-corrected chi connectivity index (χ2v) is 9.61. The molecule has 0 spiro atoms. The third kappa shape index (κ3) is 11.3. The molecule has 0 aromatic rings. The minimum absolute atomic E-state index is 0.247. The van der Waals surface area contributed by atoms with Gasteiger partial charge in [-0.25, -0.2) is 0 Å². The molecule has 2 N–H and O–H groups in total. The van der Waals surface area contributed by atoms with Crippen LogP contribution in [0.2, 0.25) is 0 Å². The van der Waals surface area contributed by atoms with Gasteiger partial charge in [0.05, 0.1) is 12.2 Å². The highest BCUT2D eigenvalue weighted by molar-refractivity contribution is 8.00. The maximum Gasteiger partial charge on any atom is 0.0720 e. The zero-order chi connectivity index (χ0) is 14.9. The first-order valence-electron chi connectivity index (χ1n) is 6.90. The summed E-state index contributed by atoms with van der Waals surface area (Å²) in [6.07, 6.45) is -0.519. The first-order chi connectivity index (χ1) is 8.77. The molecule has 3 unspecified atom stereocenters. The fraction of sp³-hybridized carbons (Fsp3) is 1.00. The lowest BCUT2D eigenvalue weighted by Crippen LogP contribution is -2.24. The van der Waals surface area contributed by atoms with Gasteiger partial charge >= 0.3 is 0 Å². The number of rotatable bonds is 10. The van der Waals surface area contributed by atoms with Crippen molar-refractivity contribution in [2.75, 3.05) is 28.8 Å². The van der Waals surface area contributed by atoms with E-state index in [2.05, 4.69) is 34.6 Å². The van der Waals surface area contributed by atoms with Crippen LogP contribution in [0.4, 0.5) is 0 Å². The molecule has 2 nitrogen and oxygen atoms in total. The average molecular weight is 327 g/mol. The maximum absolute atomic E-state index is 9.92. The summed E-state index contributed by atoms with van der Waals surface area (Å²) in [5.41, 5.74) is 0.283. The first kappa shape index (κ1) is 20.0. The Kier molecular flexibility index (Phi) is 11.2. The number of hydrogen-bond donors (Lipinski definition) is 2. The van der Waals surface area contributed by atoms with Crippen molar-refractivity contribution in [2.45, 2.75) is 52.1 Å². The Morgan fingerprint density at radius 1 is 0.895 bits per heavy atom. The molecule has 0 aliphatic carbocycles. The summed E-state index contributed by atoms with van der Waals surface area (Å²) in [5, 5.41) is 20.2. The lowest BCUT2D eigenvalue weighted by Gasteiger charge is -2.27. The van der Waals surface area contributed by atoms with E-state index in [0.717, 1.165) is 28.8 Å². The van der Waals surface area contributed by atoms with Gasteiger partial charge in [-0.2, -0.15) is 35.3 Å². The summed E-state index contributed by atoms with van der Waals surface area (Å²) in [5.74, 6) is 4.08. The second-order valence-electron chi connectivity index (χ2n) is 5.85. The van der Waals surface area contributed by atoms with Crippen LogP contribution in [0.1, 0.15) is 34.6 Å². The molecule has 0 aromatic heterocycles. The van der Waals surface area contributed by atoms with E-state index in [0.29, 0.717) is 5.25 Å². The molecule has 5 heteroatoms. The van der Waals surface area contributed by atoms with E-state index in [1.54, 1.807) is 23.5 Å². The Hall–Kier alpha value is 0.970. The Labute approximate surface area is 131 Å². The van der Waals surface area contributed by atoms with Gasteiger partial charge in [-0.05, 0) is 11.2 Å². The van der Waals surface area contributed by atoms with Crippen molar-refractivity contribution in [3.63, 3.8) is 0 Å². The van der Waals surface area contributed by atoms with E-state index >= 15 is 0 Å². The van der Waals surface area contributed by atoms with E-state index in [-0.39, 0.29) is 17.6 Å². The van der Waals surface area contributed by atoms with Gasteiger partial charge in [0.25, 0.3) is 0 Å². The van der Waals surface area contributed by atoms with Crippen LogP contribution in [0, 0.1) is 5.41 Å². The van der Waals surface area contributed by atoms with Gasteiger partial charge < -0.3 is 10.2 Å². The largest absolute Gasteiger partial charge is 0.391 e. The average Bonchev–Trinajstić information content (AvgIpc) is 2.32. The molecule has 0 aliphatic rings.